The molecule has 0 aromatic carbocycles. The van der Waals surface area contributed by atoms with Gasteiger partial charge in [-0.05, 0) is 25.2 Å². The quantitative estimate of drug-likeness (QED) is 0.897. The summed E-state index contributed by atoms with van der Waals surface area (Å²) in [5.74, 6) is 0. The highest BCUT2D eigenvalue weighted by atomic mass is 32.2. The third kappa shape index (κ3) is 2.78. The summed E-state index contributed by atoms with van der Waals surface area (Å²) in [7, 11) is -3.46. The van der Waals surface area contributed by atoms with Gasteiger partial charge in [0.1, 0.15) is 0 Å². The molecular formula is C11H16N2O3S2. The van der Waals surface area contributed by atoms with Crippen molar-refractivity contribution < 1.29 is 8.42 Å². The number of sulfonamides is 1. The Morgan fingerprint density at radius 3 is 2.50 bits per heavy atom. The summed E-state index contributed by atoms with van der Waals surface area (Å²) < 4.78 is 26.1. The summed E-state index contributed by atoms with van der Waals surface area (Å²) in [5.41, 5.74) is -0.296. The molecular weight excluding hydrogens is 272 g/mol. The lowest BCUT2D eigenvalue weighted by atomic mass is 10.2. The van der Waals surface area contributed by atoms with Gasteiger partial charge in [0, 0.05) is 30.6 Å². The molecule has 100 valence electrons. The number of aromatic amines is 1. The average molecular weight is 288 g/mol. The average Bonchev–Trinajstić information content (AvgIpc) is 2.39. The monoisotopic (exact) mass is 288 g/mol. The zero-order valence-corrected chi connectivity index (χ0v) is 11.8. The van der Waals surface area contributed by atoms with Crippen molar-refractivity contribution in [2.24, 2.45) is 0 Å². The van der Waals surface area contributed by atoms with Crippen molar-refractivity contribution in [2.45, 2.75) is 23.0 Å². The van der Waals surface area contributed by atoms with Crippen LogP contribution < -0.4 is 5.56 Å². The van der Waals surface area contributed by atoms with Gasteiger partial charge in [-0.3, -0.25) is 4.79 Å². The highest BCUT2D eigenvalue weighted by Gasteiger charge is 2.29. The van der Waals surface area contributed by atoms with E-state index in [1.807, 2.05) is 0 Å². The Balaban J connectivity index is 2.17. The van der Waals surface area contributed by atoms with Crippen molar-refractivity contribution in [3.63, 3.8) is 0 Å². The van der Waals surface area contributed by atoms with Crippen LogP contribution in [0.3, 0.4) is 0 Å². The number of rotatable bonds is 3. The van der Waals surface area contributed by atoms with Crippen LogP contribution in [0, 0.1) is 0 Å². The fourth-order valence-corrected chi connectivity index (χ4v) is 4.13. The van der Waals surface area contributed by atoms with Crippen molar-refractivity contribution in [3.8, 4) is 0 Å². The normalized spacial score (nSPS) is 18.9. The highest BCUT2D eigenvalue weighted by molar-refractivity contribution is 7.99. The molecule has 1 fully saturated rings. The van der Waals surface area contributed by atoms with Crippen molar-refractivity contribution in [1.82, 2.24) is 9.29 Å². The fourth-order valence-electron chi connectivity index (χ4n) is 2.01. The summed E-state index contributed by atoms with van der Waals surface area (Å²) >= 11 is 1.79. The van der Waals surface area contributed by atoms with Gasteiger partial charge in [-0.1, -0.05) is 0 Å². The summed E-state index contributed by atoms with van der Waals surface area (Å²) in [5, 5.41) is 0.548. The molecule has 1 N–H and O–H groups in total. The Hall–Kier alpha value is -0.790. The molecule has 0 saturated carbocycles. The van der Waals surface area contributed by atoms with E-state index in [1.54, 1.807) is 11.8 Å². The van der Waals surface area contributed by atoms with Gasteiger partial charge in [-0.15, -0.1) is 0 Å². The van der Waals surface area contributed by atoms with E-state index in [9.17, 15) is 13.2 Å². The predicted molar refractivity (Wildman–Crippen MR) is 72.4 cm³/mol. The first-order chi connectivity index (χ1) is 8.54. The molecule has 18 heavy (non-hydrogen) atoms. The van der Waals surface area contributed by atoms with E-state index in [4.69, 9.17) is 0 Å². The predicted octanol–water partition coefficient (Wildman–Crippen LogP) is 0.891. The number of piperidine rings is 1. The maximum Gasteiger partial charge on any atom is 0.247 e. The van der Waals surface area contributed by atoms with Crippen LogP contribution in [0.4, 0.5) is 0 Å². The van der Waals surface area contributed by atoms with Crippen LogP contribution in [0.2, 0.25) is 0 Å². The number of nitrogens with zero attached hydrogens (tertiary/aromatic N) is 1. The lowest BCUT2D eigenvalue weighted by Crippen LogP contribution is -2.39. The van der Waals surface area contributed by atoms with Crippen molar-refractivity contribution in [1.29, 1.82) is 0 Å². The number of pyridine rings is 1. The second kappa shape index (κ2) is 5.46. The highest BCUT2D eigenvalue weighted by Crippen LogP contribution is 2.25. The Bertz CT molecular complexity index is 539. The molecule has 0 aliphatic carbocycles. The van der Waals surface area contributed by atoms with Gasteiger partial charge in [0.25, 0.3) is 0 Å². The van der Waals surface area contributed by atoms with Crippen molar-refractivity contribution in [3.05, 3.63) is 28.7 Å². The van der Waals surface area contributed by atoms with Crippen LogP contribution in [-0.4, -0.2) is 42.3 Å². The standard InChI is InChI=1S/C11H16N2O3S2/c1-17-9-4-6-13(7-5-9)18(15,16)10-2-3-11(14)12-8-10/h2-3,8-9H,4-7H2,1H3,(H,12,14). The first-order valence-corrected chi connectivity index (χ1v) is 8.48. The topological polar surface area (TPSA) is 70.2 Å². The lowest BCUT2D eigenvalue weighted by Gasteiger charge is -2.30. The Kier molecular flexibility index (Phi) is 4.14. The number of nitrogens with one attached hydrogen (secondary N) is 1. The van der Waals surface area contributed by atoms with E-state index in [0.29, 0.717) is 18.3 Å². The van der Waals surface area contributed by atoms with Crippen molar-refractivity contribution >= 4 is 21.8 Å². The van der Waals surface area contributed by atoms with Gasteiger partial charge in [-0.2, -0.15) is 16.1 Å². The molecule has 0 unspecified atom stereocenters. The molecule has 1 aliphatic heterocycles. The third-order valence-corrected chi connectivity index (χ3v) is 6.16. The van der Waals surface area contributed by atoms with E-state index in [-0.39, 0.29) is 10.5 Å². The van der Waals surface area contributed by atoms with Gasteiger partial charge in [0.05, 0.1) is 4.90 Å². The Labute approximate surface area is 111 Å². The number of thioether (sulfide) groups is 1. The molecule has 1 aliphatic rings. The smallest absolute Gasteiger partial charge is 0.247 e. The van der Waals surface area contributed by atoms with Crippen molar-refractivity contribution in [2.75, 3.05) is 19.3 Å². The first-order valence-electron chi connectivity index (χ1n) is 5.76. The summed E-state index contributed by atoms with van der Waals surface area (Å²) in [4.78, 5) is 13.5. The zero-order chi connectivity index (χ0) is 13.2. The molecule has 1 aromatic rings. The molecule has 0 amide bonds. The number of hydrogen-bond donors (Lipinski definition) is 1. The van der Waals surface area contributed by atoms with E-state index >= 15 is 0 Å². The van der Waals surface area contributed by atoms with Crippen LogP contribution >= 0.6 is 11.8 Å². The molecule has 1 saturated heterocycles. The molecule has 0 radical (unpaired) electrons. The summed E-state index contributed by atoms with van der Waals surface area (Å²) in [6.07, 6.45) is 5.07. The minimum Gasteiger partial charge on any atom is -0.328 e. The van der Waals surface area contributed by atoms with Crippen LogP contribution in [0.15, 0.2) is 28.0 Å². The fraction of sp³-hybridized carbons (Fsp3) is 0.545. The second-order valence-electron chi connectivity index (χ2n) is 4.23. The van der Waals surface area contributed by atoms with Gasteiger partial charge in [0.15, 0.2) is 0 Å². The Morgan fingerprint density at radius 2 is 2.00 bits per heavy atom. The van der Waals surface area contributed by atoms with Gasteiger partial charge in [-0.25, -0.2) is 8.42 Å². The van der Waals surface area contributed by atoms with Crippen LogP contribution in [0.25, 0.3) is 0 Å². The van der Waals surface area contributed by atoms with E-state index in [0.717, 1.165) is 12.8 Å². The third-order valence-electron chi connectivity index (χ3n) is 3.13. The SMILES string of the molecule is CSC1CCN(S(=O)(=O)c2ccc(=O)[nH]c2)CC1. The molecule has 0 bridgehead atoms. The maximum atomic E-state index is 12.3. The lowest BCUT2D eigenvalue weighted by molar-refractivity contribution is 0.352. The van der Waals surface area contributed by atoms with E-state index < -0.39 is 10.0 Å². The second-order valence-corrected chi connectivity index (χ2v) is 7.30. The first kappa shape index (κ1) is 13.6. The van der Waals surface area contributed by atoms with Crippen LogP contribution in [0.1, 0.15) is 12.8 Å². The largest absolute Gasteiger partial charge is 0.328 e. The molecule has 0 atom stereocenters. The minimum absolute atomic E-state index is 0.157. The Morgan fingerprint density at radius 1 is 1.33 bits per heavy atom. The van der Waals surface area contributed by atoms with E-state index in [2.05, 4.69) is 11.2 Å². The number of H-pyrrole nitrogens is 1. The summed E-state index contributed by atoms with van der Waals surface area (Å²) in [6.45, 7) is 1.10. The number of aromatic nitrogens is 1. The van der Waals surface area contributed by atoms with Crippen LogP contribution in [-0.2, 0) is 10.0 Å². The number of hydrogen-bond acceptors (Lipinski definition) is 4. The van der Waals surface area contributed by atoms with Gasteiger partial charge in [0.2, 0.25) is 15.6 Å². The molecule has 2 heterocycles. The maximum absolute atomic E-state index is 12.3. The molecule has 0 spiro atoms. The molecule has 7 heteroatoms. The minimum atomic E-state index is -3.46. The van der Waals surface area contributed by atoms with Gasteiger partial charge < -0.3 is 4.98 Å². The molecule has 1 aromatic heterocycles. The molecule has 5 nitrogen and oxygen atoms in total. The molecule has 2 rings (SSSR count). The van der Waals surface area contributed by atoms with E-state index in [1.165, 1.54) is 22.6 Å². The summed E-state index contributed by atoms with van der Waals surface area (Å²) in [6, 6.07) is 2.59. The van der Waals surface area contributed by atoms with Gasteiger partial charge >= 0.3 is 0 Å². The van der Waals surface area contributed by atoms with Crippen LogP contribution in [0.5, 0.6) is 0 Å². The zero-order valence-electron chi connectivity index (χ0n) is 10.1.